The third-order valence-corrected chi connectivity index (χ3v) is 9.59. The van der Waals surface area contributed by atoms with Gasteiger partial charge in [0.2, 0.25) is 10.0 Å². The molecule has 0 saturated carbocycles. The van der Waals surface area contributed by atoms with E-state index in [1.165, 1.54) is 32.1 Å². The molecule has 0 N–H and O–H groups in total. The van der Waals surface area contributed by atoms with Crippen molar-refractivity contribution in [2.45, 2.75) is 37.8 Å². The van der Waals surface area contributed by atoms with Gasteiger partial charge in [0, 0.05) is 44.5 Å². The van der Waals surface area contributed by atoms with Crippen molar-refractivity contribution >= 4 is 43.7 Å². The number of halogens is 4. The number of hydrogen-bond donors (Lipinski definition) is 0. The number of nitriles is 1. The highest BCUT2D eigenvalue weighted by molar-refractivity contribution is 7.88. The summed E-state index contributed by atoms with van der Waals surface area (Å²) >= 11 is 0.531. The number of aromatic nitrogens is 4. The van der Waals surface area contributed by atoms with Crippen molar-refractivity contribution < 1.29 is 30.8 Å². The normalized spacial score (nSPS) is 15.1. The van der Waals surface area contributed by atoms with Crippen molar-refractivity contribution in [2.75, 3.05) is 31.3 Å². The van der Waals surface area contributed by atoms with Crippen LogP contribution >= 0.6 is 11.3 Å². The van der Waals surface area contributed by atoms with Crippen LogP contribution in [0.15, 0.2) is 36.4 Å². The van der Waals surface area contributed by atoms with Crippen molar-refractivity contribution in [2.24, 2.45) is 0 Å². The first-order valence-corrected chi connectivity index (χ1v) is 15.8. The number of carbonyl (C=O) groups is 1. The lowest BCUT2D eigenvalue weighted by Gasteiger charge is -2.29. The van der Waals surface area contributed by atoms with Crippen LogP contribution in [0, 0.1) is 17.1 Å². The summed E-state index contributed by atoms with van der Waals surface area (Å²) in [4.78, 5) is 22.2. The van der Waals surface area contributed by atoms with Crippen molar-refractivity contribution in [1.82, 2.24) is 23.9 Å². The second kappa shape index (κ2) is 11.6. The van der Waals surface area contributed by atoms with Crippen molar-refractivity contribution in [3.8, 4) is 17.3 Å². The molecule has 1 aromatic carbocycles. The van der Waals surface area contributed by atoms with Crippen molar-refractivity contribution in [3.05, 3.63) is 58.5 Å². The van der Waals surface area contributed by atoms with Gasteiger partial charge in [-0.3, -0.25) is 4.79 Å². The van der Waals surface area contributed by atoms with E-state index < -0.39 is 32.7 Å². The molecule has 0 atom stereocenters. The topological polar surface area (TPSA) is 125 Å². The zero-order chi connectivity index (χ0) is 31.1. The van der Waals surface area contributed by atoms with Gasteiger partial charge in [-0.2, -0.15) is 28.0 Å². The zero-order valence-corrected chi connectivity index (χ0v) is 24.6. The highest BCUT2D eigenvalue weighted by Crippen LogP contribution is 2.40. The molecule has 16 heteroatoms. The van der Waals surface area contributed by atoms with Crippen LogP contribution in [-0.2, 0) is 16.4 Å². The summed E-state index contributed by atoms with van der Waals surface area (Å²) in [6.07, 6.45) is -2.58. The molecule has 0 amide bonds. The summed E-state index contributed by atoms with van der Waals surface area (Å²) in [5.74, 6) is -2.37. The highest BCUT2D eigenvalue weighted by atomic mass is 32.2. The van der Waals surface area contributed by atoms with Crippen LogP contribution in [0.25, 0.3) is 16.9 Å². The first-order chi connectivity index (χ1) is 20.3. The SMILES string of the molecule is CN(c1nc(-c2ccc(F)cc2)c(C(=O)C(F)(F)F)s1)c1c(CCC#N)nc2ccc(C3CCN(S(C)(=O)=O)CC3)nn12. The maximum absolute atomic E-state index is 13.6. The molecular formula is C27H25F4N7O3S2. The van der Waals surface area contributed by atoms with Crippen LogP contribution in [-0.4, -0.2) is 70.7 Å². The summed E-state index contributed by atoms with van der Waals surface area (Å²) < 4.78 is 81.1. The number of thiazole rings is 1. The molecule has 0 aliphatic carbocycles. The predicted octanol–water partition coefficient (Wildman–Crippen LogP) is 5.10. The number of benzene rings is 1. The summed E-state index contributed by atoms with van der Waals surface area (Å²) in [6.45, 7) is 0.684. The highest BCUT2D eigenvalue weighted by Gasteiger charge is 2.43. The number of hydrogen-bond acceptors (Lipinski definition) is 9. The molecule has 4 heterocycles. The summed E-state index contributed by atoms with van der Waals surface area (Å²) in [7, 11) is -1.76. The molecule has 43 heavy (non-hydrogen) atoms. The number of aryl methyl sites for hydroxylation is 1. The van der Waals surface area contributed by atoms with Gasteiger partial charge in [0.15, 0.2) is 16.6 Å². The monoisotopic (exact) mass is 635 g/mol. The van der Waals surface area contributed by atoms with E-state index in [9.17, 15) is 36.0 Å². The van der Waals surface area contributed by atoms with Crippen LogP contribution < -0.4 is 4.90 Å². The minimum absolute atomic E-state index is 0.0283. The third-order valence-electron chi connectivity index (χ3n) is 7.16. The first kappa shape index (κ1) is 30.5. The molecule has 0 radical (unpaired) electrons. The van der Waals surface area contributed by atoms with E-state index in [2.05, 4.69) is 16.0 Å². The minimum atomic E-state index is -5.17. The van der Waals surface area contributed by atoms with Gasteiger partial charge in [-0.05, 0) is 49.2 Å². The van der Waals surface area contributed by atoms with Crippen LogP contribution in [0.5, 0.6) is 0 Å². The summed E-state index contributed by atoms with van der Waals surface area (Å²) in [5, 5.41) is 14.0. The number of piperidine rings is 1. The number of imidazole rings is 1. The minimum Gasteiger partial charge on any atom is -0.304 e. The van der Waals surface area contributed by atoms with Crippen molar-refractivity contribution in [1.29, 1.82) is 5.26 Å². The smallest absolute Gasteiger partial charge is 0.304 e. The number of sulfonamides is 1. The van der Waals surface area contributed by atoms with Crippen molar-refractivity contribution in [3.63, 3.8) is 0 Å². The van der Waals surface area contributed by atoms with Gasteiger partial charge in [0.25, 0.3) is 5.78 Å². The molecule has 0 unspecified atom stereocenters. The molecule has 0 bridgehead atoms. The lowest BCUT2D eigenvalue weighted by atomic mass is 9.94. The van der Waals surface area contributed by atoms with E-state index in [-0.39, 0.29) is 35.1 Å². The standard InChI is InChI=1S/C27H25F4N7O3S2/c1-36(26-34-22(17-5-7-18(28)8-6-17)23(42-26)24(39)27(29,30)31)25-20(4-3-13-32)33-21-10-9-19(35-38(21)25)16-11-14-37(15-12-16)43(2,40)41/h5-10,16H,3-4,11-12,14-15H2,1-2H3. The fraction of sp³-hybridized carbons (Fsp3) is 0.370. The molecule has 10 nitrogen and oxygen atoms in total. The number of nitrogens with zero attached hydrogens (tertiary/aromatic N) is 7. The lowest BCUT2D eigenvalue weighted by molar-refractivity contribution is -0.0882. The van der Waals surface area contributed by atoms with E-state index in [1.807, 2.05) is 0 Å². The Hall–Kier alpha value is -3.94. The van der Waals surface area contributed by atoms with E-state index in [1.54, 1.807) is 19.2 Å². The van der Waals surface area contributed by atoms with Crippen LogP contribution in [0.3, 0.4) is 0 Å². The third kappa shape index (κ3) is 6.24. The fourth-order valence-electron chi connectivity index (χ4n) is 4.99. The Morgan fingerprint density at radius 2 is 1.81 bits per heavy atom. The Kier molecular flexibility index (Phi) is 8.25. The summed E-state index contributed by atoms with van der Waals surface area (Å²) in [6, 6.07) is 10.2. The van der Waals surface area contributed by atoms with Gasteiger partial charge in [0.1, 0.15) is 10.7 Å². The summed E-state index contributed by atoms with van der Waals surface area (Å²) in [5.41, 5.74) is 1.44. The van der Waals surface area contributed by atoms with Gasteiger partial charge < -0.3 is 4.90 Å². The maximum atomic E-state index is 13.6. The first-order valence-electron chi connectivity index (χ1n) is 13.1. The molecule has 4 aromatic rings. The van der Waals surface area contributed by atoms with Gasteiger partial charge in [-0.25, -0.2) is 27.1 Å². The quantitative estimate of drug-likeness (QED) is 0.194. The average Bonchev–Trinajstić information content (AvgIpc) is 3.56. The maximum Gasteiger partial charge on any atom is 0.455 e. The Morgan fingerprint density at radius 1 is 1.14 bits per heavy atom. The van der Waals surface area contributed by atoms with Gasteiger partial charge in [-0.15, -0.1) is 0 Å². The fourth-order valence-corrected chi connectivity index (χ4v) is 6.87. The number of ketones is 1. The average molecular weight is 636 g/mol. The number of rotatable bonds is 8. The second-order valence-corrected chi connectivity index (χ2v) is 13.0. The van der Waals surface area contributed by atoms with Crippen LogP contribution in [0.1, 0.15) is 46.2 Å². The molecule has 1 aliphatic heterocycles. The van der Waals surface area contributed by atoms with Gasteiger partial charge in [-0.1, -0.05) is 11.3 Å². The second-order valence-electron chi connectivity index (χ2n) is 10.1. The molecule has 226 valence electrons. The number of carbonyl (C=O) groups excluding carboxylic acids is 1. The Labute approximate surface area is 248 Å². The Bertz CT molecular complexity index is 1820. The molecular weight excluding hydrogens is 610 g/mol. The molecule has 1 aliphatic rings. The Balaban J connectivity index is 1.59. The Morgan fingerprint density at radius 3 is 2.42 bits per heavy atom. The van der Waals surface area contributed by atoms with Gasteiger partial charge in [0.05, 0.1) is 29.4 Å². The number of anilines is 2. The van der Waals surface area contributed by atoms with E-state index in [4.69, 9.17) is 5.10 Å². The van der Waals surface area contributed by atoms with E-state index in [0.29, 0.717) is 60.1 Å². The van der Waals surface area contributed by atoms with Crippen LogP contribution in [0.4, 0.5) is 28.5 Å². The van der Waals surface area contributed by atoms with E-state index in [0.717, 1.165) is 12.1 Å². The number of fused-ring (bicyclic) bond motifs is 1. The van der Waals surface area contributed by atoms with Crippen LogP contribution in [0.2, 0.25) is 0 Å². The number of alkyl halides is 3. The molecule has 1 saturated heterocycles. The van der Waals surface area contributed by atoms with E-state index >= 15 is 0 Å². The lowest BCUT2D eigenvalue weighted by Crippen LogP contribution is -2.37. The predicted molar refractivity (Wildman–Crippen MR) is 151 cm³/mol. The number of Topliss-reactive ketones (excluding diaryl/α,β-unsaturated/α-hetero) is 1. The largest absolute Gasteiger partial charge is 0.455 e. The molecule has 1 fully saturated rings. The van der Waals surface area contributed by atoms with Gasteiger partial charge >= 0.3 is 6.18 Å². The zero-order valence-electron chi connectivity index (χ0n) is 23.0. The molecule has 5 rings (SSSR count). The molecule has 0 spiro atoms. The molecule has 3 aromatic heterocycles.